The maximum absolute atomic E-state index is 13.2. The van der Waals surface area contributed by atoms with Gasteiger partial charge in [-0.05, 0) is 59.2 Å². The van der Waals surface area contributed by atoms with E-state index >= 15 is 0 Å². The van der Waals surface area contributed by atoms with Gasteiger partial charge in [-0.25, -0.2) is 0 Å². The Hall–Kier alpha value is -3.58. The third-order valence-corrected chi connectivity index (χ3v) is 7.29. The van der Waals surface area contributed by atoms with Crippen LogP contribution in [-0.2, 0) is 6.54 Å². The minimum absolute atomic E-state index is 0.0640. The van der Waals surface area contributed by atoms with Crippen molar-refractivity contribution in [2.24, 2.45) is 0 Å². The fourth-order valence-electron chi connectivity index (χ4n) is 5.23. The molecule has 180 valence electrons. The number of fused-ring (bicyclic) bond motifs is 1. The largest absolute Gasteiger partial charge is 0.314 e. The Morgan fingerprint density at radius 2 is 1.67 bits per heavy atom. The molecule has 7 heteroatoms. The molecule has 0 radical (unpaired) electrons. The number of hydrogen-bond donors (Lipinski definition) is 1. The number of carbonyl (C=O) groups excluding carboxylic acids is 1. The molecule has 0 spiro atoms. The van der Waals surface area contributed by atoms with Crippen LogP contribution in [-0.4, -0.2) is 47.0 Å². The Morgan fingerprint density at radius 1 is 0.889 bits per heavy atom. The SMILES string of the molecule is O=C1c2c(Cl)cccc2CN1c1cccc(-c2cc(C(c3ccncc3)N3CCNCC3)ccn2)c1. The van der Waals surface area contributed by atoms with E-state index in [1.807, 2.05) is 55.0 Å². The second-order valence-electron chi connectivity index (χ2n) is 9.16. The topological polar surface area (TPSA) is 61.4 Å². The van der Waals surface area contributed by atoms with Gasteiger partial charge in [-0.3, -0.25) is 19.7 Å². The monoisotopic (exact) mass is 495 g/mol. The van der Waals surface area contributed by atoms with E-state index in [1.54, 1.807) is 11.0 Å². The normalized spacial score (nSPS) is 16.7. The molecule has 2 aliphatic rings. The average molecular weight is 496 g/mol. The van der Waals surface area contributed by atoms with Gasteiger partial charge in [0.2, 0.25) is 0 Å². The molecule has 6 rings (SSSR count). The Labute approximate surface area is 215 Å². The molecule has 1 unspecified atom stereocenters. The van der Waals surface area contributed by atoms with Gasteiger partial charge in [0.1, 0.15) is 0 Å². The molecule has 2 aromatic heterocycles. The van der Waals surface area contributed by atoms with Gasteiger partial charge in [-0.15, -0.1) is 0 Å². The quantitative estimate of drug-likeness (QED) is 0.424. The van der Waals surface area contributed by atoms with Crippen LogP contribution < -0.4 is 10.2 Å². The van der Waals surface area contributed by atoms with Crippen LogP contribution in [0.1, 0.15) is 33.1 Å². The molecule has 2 aliphatic heterocycles. The molecule has 0 saturated carbocycles. The highest BCUT2D eigenvalue weighted by Gasteiger charge is 2.31. The molecule has 0 bridgehead atoms. The number of benzene rings is 2. The van der Waals surface area contributed by atoms with E-state index in [2.05, 4.69) is 39.5 Å². The molecule has 2 aromatic carbocycles. The number of rotatable bonds is 5. The van der Waals surface area contributed by atoms with E-state index in [0.717, 1.165) is 48.7 Å². The summed E-state index contributed by atoms with van der Waals surface area (Å²) in [6.45, 7) is 4.40. The van der Waals surface area contributed by atoms with Crippen molar-refractivity contribution in [3.05, 3.63) is 113 Å². The zero-order valence-corrected chi connectivity index (χ0v) is 20.5. The van der Waals surface area contributed by atoms with Crippen molar-refractivity contribution in [1.82, 2.24) is 20.2 Å². The van der Waals surface area contributed by atoms with E-state index in [9.17, 15) is 4.79 Å². The second-order valence-corrected chi connectivity index (χ2v) is 9.57. The van der Waals surface area contributed by atoms with Gasteiger partial charge in [0.15, 0.2) is 0 Å². The predicted octanol–water partition coefficient (Wildman–Crippen LogP) is 4.95. The van der Waals surface area contributed by atoms with Crippen LogP contribution >= 0.6 is 11.6 Å². The molecule has 1 saturated heterocycles. The first-order valence-corrected chi connectivity index (χ1v) is 12.6. The highest BCUT2D eigenvalue weighted by Crippen LogP contribution is 2.35. The third kappa shape index (κ3) is 4.28. The Bertz CT molecular complexity index is 1400. The summed E-state index contributed by atoms with van der Waals surface area (Å²) in [4.78, 5) is 26.4. The maximum atomic E-state index is 13.2. The van der Waals surface area contributed by atoms with Crippen molar-refractivity contribution < 1.29 is 4.79 Å². The molecule has 36 heavy (non-hydrogen) atoms. The highest BCUT2D eigenvalue weighted by atomic mass is 35.5. The van der Waals surface area contributed by atoms with Gasteiger partial charge >= 0.3 is 0 Å². The second kappa shape index (κ2) is 9.82. The number of hydrogen-bond acceptors (Lipinski definition) is 5. The first kappa shape index (κ1) is 22.9. The number of halogens is 1. The molecule has 6 nitrogen and oxygen atoms in total. The molecule has 1 fully saturated rings. The zero-order valence-electron chi connectivity index (χ0n) is 19.8. The fraction of sp³-hybridized carbons (Fsp3) is 0.207. The van der Waals surface area contributed by atoms with E-state index in [1.165, 1.54) is 11.1 Å². The van der Waals surface area contributed by atoms with Crippen molar-refractivity contribution >= 4 is 23.2 Å². The summed E-state index contributed by atoms with van der Waals surface area (Å²) in [5.41, 5.74) is 6.65. The summed E-state index contributed by atoms with van der Waals surface area (Å²) < 4.78 is 0. The van der Waals surface area contributed by atoms with Gasteiger partial charge in [-0.1, -0.05) is 35.9 Å². The maximum Gasteiger partial charge on any atom is 0.260 e. The molecular formula is C29H26ClN5O. The Morgan fingerprint density at radius 3 is 2.47 bits per heavy atom. The number of amides is 1. The van der Waals surface area contributed by atoms with Crippen LogP contribution in [0.25, 0.3) is 11.3 Å². The molecule has 0 aliphatic carbocycles. The molecule has 1 N–H and O–H groups in total. The summed E-state index contributed by atoms with van der Waals surface area (Å²) in [6, 6.07) is 22.2. The van der Waals surface area contributed by atoms with E-state index in [-0.39, 0.29) is 11.9 Å². The third-order valence-electron chi connectivity index (χ3n) is 6.98. The Balaban J connectivity index is 1.34. The van der Waals surface area contributed by atoms with E-state index in [4.69, 9.17) is 16.6 Å². The van der Waals surface area contributed by atoms with E-state index in [0.29, 0.717) is 17.1 Å². The number of nitrogens with one attached hydrogen (secondary N) is 1. The van der Waals surface area contributed by atoms with Crippen LogP contribution in [0.4, 0.5) is 5.69 Å². The van der Waals surface area contributed by atoms with E-state index < -0.39 is 0 Å². The molecule has 4 aromatic rings. The van der Waals surface area contributed by atoms with Crippen LogP contribution in [0.5, 0.6) is 0 Å². The smallest absolute Gasteiger partial charge is 0.260 e. The van der Waals surface area contributed by atoms with Gasteiger partial charge in [0, 0.05) is 56.0 Å². The van der Waals surface area contributed by atoms with Crippen molar-refractivity contribution in [2.75, 3.05) is 31.1 Å². The van der Waals surface area contributed by atoms with Gasteiger partial charge in [-0.2, -0.15) is 0 Å². The van der Waals surface area contributed by atoms with Crippen LogP contribution in [0.15, 0.2) is 85.3 Å². The van der Waals surface area contributed by atoms with Crippen LogP contribution in [0.2, 0.25) is 5.02 Å². The number of anilines is 1. The molecule has 4 heterocycles. The summed E-state index contributed by atoms with van der Waals surface area (Å²) in [5.74, 6) is -0.0640. The van der Waals surface area contributed by atoms with Crippen molar-refractivity contribution in [3.63, 3.8) is 0 Å². The Kier molecular flexibility index (Phi) is 6.23. The number of pyridine rings is 2. The predicted molar refractivity (Wildman–Crippen MR) is 142 cm³/mol. The first-order chi connectivity index (χ1) is 17.7. The van der Waals surface area contributed by atoms with Gasteiger partial charge < -0.3 is 10.2 Å². The molecular weight excluding hydrogens is 470 g/mol. The van der Waals surface area contributed by atoms with Gasteiger partial charge in [0.25, 0.3) is 5.91 Å². The summed E-state index contributed by atoms with van der Waals surface area (Å²) >= 11 is 6.34. The minimum atomic E-state index is -0.0640. The first-order valence-electron chi connectivity index (χ1n) is 12.2. The zero-order chi connectivity index (χ0) is 24.5. The number of aromatic nitrogens is 2. The van der Waals surface area contributed by atoms with Crippen molar-refractivity contribution in [1.29, 1.82) is 0 Å². The lowest BCUT2D eigenvalue weighted by Gasteiger charge is -2.35. The van der Waals surface area contributed by atoms with Gasteiger partial charge in [0.05, 0.1) is 28.9 Å². The highest BCUT2D eigenvalue weighted by molar-refractivity contribution is 6.35. The number of nitrogens with zero attached hydrogens (tertiary/aromatic N) is 4. The lowest BCUT2D eigenvalue weighted by molar-refractivity contribution is 0.0997. The van der Waals surface area contributed by atoms with Crippen molar-refractivity contribution in [2.45, 2.75) is 12.6 Å². The van der Waals surface area contributed by atoms with Crippen LogP contribution in [0, 0.1) is 0 Å². The minimum Gasteiger partial charge on any atom is -0.314 e. The lowest BCUT2D eigenvalue weighted by atomic mass is 9.96. The molecule has 1 atom stereocenters. The number of piperazine rings is 1. The summed E-state index contributed by atoms with van der Waals surface area (Å²) in [6.07, 6.45) is 5.59. The molecule has 1 amide bonds. The average Bonchev–Trinajstić information content (AvgIpc) is 3.28. The number of carbonyl (C=O) groups is 1. The lowest BCUT2D eigenvalue weighted by Crippen LogP contribution is -2.45. The van der Waals surface area contributed by atoms with Crippen molar-refractivity contribution in [3.8, 4) is 11.3 Å². The fourth-order valence-corrected chi connectivity index (χ4v) is 5.51. The standard InChI is InChI=1S/C29H26ClN5O/c30-25-6-2-4-23-19-35(29(36)27(23)25)24-5-1-3-21(17-24)26-18-22(9-12-33-26)28(20-7-10-31-11-8-20)34-15-13-32-14-16-34/h1-12,17-18,28,32H,13-16,19H2. The summed E-state index contributed by atoms with van der Waals surface area (Å²) in [7, 11) is 0. The summed E-state index contributed by atoms with van der Waals surface area (Å²) in [5, 5.41) is 3.95. The van der Waals surface area contributed by atoms with Crippen LogP contribution in [0.3, 0.4) is 0 Å².